The number of H-pyrrole nitrogens is 1. The van der Waals surface area contributed by atoms with Crippen LogP contribution in [-0.2, 0) is 10.0 Å². The number of rotatable bonds is 5. The molecule has 29 heavy (non-hydrogen) atoms. The quantitative estimate of drug-likeness (QED) is 0.514. The van der Waals surface area contributed by atoms with Crippen LogP contribution in [-0.4, -0.2) is 23.6 Å². The van der Waals surface area contributed by atoms with Crippen molar-refractivity contribution in [1.82, 2.24) is 15.2 Å². The fraction of sp³-hybridized carbons (Fsp3) is 0. The Labute approximate surface area is 165 Å². The van der Waals surface area contributed by atoms with Gasteiger partial charge in [-0.05, 0) is 54.6 Å². The second-order valence-corrected chi connectivity index (χ2v) is 7.85. The van der Waals surface area contributed by atoms with Crippen molar-refractivity contribution in [2.24, 2.45) is 0 Å². The van der Waals surface area contributed by atoms with Crippen molar-refractivity contribution in [2.45, 2.75) is 4.90 Å². The molecule has 0 aliphatic carbocycles. The third-order valence-electron chi connectivity index (χ3n) is 4.09. The minimum absolute atomic E-state index is 0.232. The molecule has 0 spiro atoms. The molecule has 0 radical (unpaired) electrons. The predicted octanol–water partition coefficient (Wildman–Crippen LogP) is 4.21. The highest BCUT2D eigenvalue weighted by molar-refractivity contribution is 7.92. The second kappa shape index (κ2) is 7.44. The Morgan fingerprint density at radius 3 is 2.48 bits per heavy atom. The van der Waals surface area contributed by atoms with Gasteiger partial charge in [0.25, 0.3) is 10.0 Å². The zero-order chi connectivity index (χ0) is 20.4. The maximum absolute atomic E-state index is 13.4. The molecule has 146 valence electrons. The van der Waals surface area contributed by atoms with E-state index in [1.807, 2.05) is 18.2 Å². The summed E-state index contributed by atoms with van der Waals surface area (Å²) in [6.07, 6.45) is 5.20. The van der Waals surface area contributed by atoms with Gasteiger partial charge >= 0.3 is 0 Å². The summed E-state index contributed by atoms with van der Waals surface area (Å²) in [6, 6.07) is 12.4. The molecule has 0 amide bonds. The van der Waals surface area contributed by atoms with E-state index in [-0.39, 0.29) is 5.69 Å². The molecule has 0 aliphatic heterocycles. The average Bonchev–Trinajstić information content (AvgIpc) is 3.08. The topological polar surface area (TPSA) is 87.7 Å². The van der Waals surface area contributed by atoms with E-state index in [2.05, 4.69) is 19.9 Å². The van der Waals surface area contributed by atoms with Gasteiger partial charge in [0.2, 0.25) is 0 Å². The molecule has 9 heteroatoms. The Balaban J connectivity index is 1.66. The summed E-state index contributed by atoms with van der Waals surface area (Å²) < 4.78 is 54.1. The zero-order valence-corrected chi connectivity index (χ0v) is 15.6. The van der Waals surface area contributed by atoms with Gasteiger partial charge in [-0.2, -0.15) is 5.10 Å². The molecule has 2 N–H and O–H groups in total. The van der Waals surface area contributed by atoms with Crippen LogP contribution < -0.4 is 4.72 Å². The average molecular weight is 412 g/mol. The highest BCUT2D eigenvalue weighted by Gasteiger charge is 2.17. The lowest BCUT2D eigenvalue weighted by Gasteiger charge is -2.08. The third-order valence-corrected chi connectivity index (χ3v) is 5.45. The molecule has 4 rings (SSSR count). The molecule has 0 saturated heterocycles. The number of halogens is 2. The Morgan fingerprint density at radius 2 is 1.76 bits per heavy atom. The van der Waals surface area contributed by atoms with Gasteiger partial charge in [-0.3, -0.25) is 14.8 Å². The van der Waals surface area contributed by atoms with Crippen LogP contribution in [0.3, 0.4) is 0 Å². The standard InChI is InChI=1S/C20H14F2N4O2S/c21-13-9-14(22)11-17(10-13)29(27,28)26-16-5-7-20-18(12-16)19(24-25-20)6-4-15-3-1-2-8-23-15/h1-12,26H,(H,24,25)/b6-4+. The Kier molecular flexibility index (Phi) is 4.81. The SMILES string of the molecule is O=S(=O)(Nc1ccc2[nH]nc(/C=C/c3ccccn3)c2c1)c1cc(F)cc(F)c1. The van der Waals surface area contributed by atoms with E-state index in [0.29, 0.717) is 22.7 Å². The van der Waals surface area contributed by atoms with E-state index in [1.54, 1.807) is 30.5 Å². The molecule has 2 aromatic heterocycles. The molecule has 6 nitrogen and oxygen atoms in total. The number of aromatic nitrogens is 3. The van der Waals surface area contributed by atoms with Crippen molar-refractivity contribution in [1.29, 1.82) is 0 Å². The summed E-state index contributed by atoms with van der Waals surface area (Å²) in [6.45, 7) is 0. The first-order valence-electron chi connectivity index (χ1n) is 8.47. The van der Waals surface area contributed by atoms with E-state index in [9.17, 15) is 17.2 Å². The number of nitrogens with zero attached hydrogens (tertiary/aromatic N) is 2. The number of nitrogens with one attached hydrogen (secondary N) is 2. The third kappa shape index (κ3) is 4.14. The molecule has 0 unspecified atom stereocenters. The minimum atomic E-state index is -4.17. The normalized spacial score (nSPS) is 11.9. The van der Waals surface area contributed by atoms with Gasteiger partial charge in [-0.15, -0.1) is 0 Å². The molecular weight excluding hydrogens is 398 g/mol. The first kappa shape index (κ1) is 18.8. The number of hydrogen-bond donors (Lipinski definition) is 2. The summed E-state index contributed by atoms with van der Waals surface area (Å²) in [5.74, 6) is -1.95. The lowest BCUT2D eigenvalue weighted by molar-refractivity contribution is 0.568. The smallest absolute Gasteiger partial charge is 0.262 e. The highest BCUT2D eigenvalue weighted by atomic mass is 32.2. The number of pyridine rings is 1. The summed E-state index contributed by atoms with van der Waals surface area (Å²) >= 11 is 0. The monoisotopic (exact) mass is 412 g/mol. The Morgan fingerprint density at radius 1 is 0.966 bits per heavy atom. The van der Waals surface area contributed by atoms with E-state index in [0.717, 1.165) is 17.8 Å². The molecule has 0 aliphatic rings. The van der Waals surface area contributed by atoms with Crippen LogP contribution in [0.15, 0.2) is 65.7 Å². The highest BCUT2D eigenvalue weighted by Crippen LogP contribution is 2.24. The Hall–Kier alpha value is -3.59. The number of sulfonamides is 1. The predicted molar refractivity (Wildman–Crippen MR) is 106 cm³/mol. The van der Waals surface area contributed by atoms with Crippen LogP contribution in [0.4, 0.5) is 14.5 Å². The van der Waals surface area contributed by atoms with Crippen LogP contribution in [0.25, 0.3) is 23.1 Å². The number of aromatic amines is 1. The van der Waals surface area contributed by atoms with Gasteiger partial charge in [0.05, 0.1) is 21.8 Å². The van der Waals surface area contributed by atoms with Gasteiger partial charge in [0.15, 0.2) is 0 Å². The van der Waals surface area contributed by atoms with Crippen molar-refractivity contribution in [2.75, 3.05) is 4.72 Å². The molecule has 0 atom stereocenters. The van der Waals surface area contributed by atoms with Gasteiger partial charge < -0.3 is 0 Å². The first-order valence-corrected chi connectivity index (χ1v) is 9.95. The van der Waals surface area contributed by atoms with E-state index in [1.165, 1.54) is 6.07 Å². The van der Waals surface area contributed by atoms with Gasteiger partial charge in [-0.25, -0.2) is 17.2 Å². The lowest BCUT2D eigenvalue weighted by Crippen LogP contribution is -2.13. The maximum atomic E-state index is 13.4. The summed E-state index contributed by atoms with van der Waals surface area (Å²) in [5, 5.41) is 7.75. The minimum Gasteiger partial charge on any atom is -0.280 e. The van der Waals surface area contributed by atoms with Gasteiger partial charge in [-0.1, -0.05) is 6.07 Å². The van der Waals surface area contributed by atoms with Gasteiger partial charge in [0.1, 0.15) is 11.6 Å². The molecule has 2 aromatic carbocycles. The molecule has 0 fully saturated rings. The summed E-state index contributed by atoms with van der Waals surface area (Å²) in [7, 11) is -4.17. The first-order chi connectivity index (χ1) is 13.9. The van der Waals surface area contributed by atoms with Crippen LogP contribution >= 0.6 is 0 Å². The molecule has 4 aromatic rings. The number of anilines is 1. The van der Waals surface area contributed by atoms with Gasteiger partial charge in [0, 0.05) is 23.3 Å². The largest absolute Gasteiger partial charge is 0.280 e. The molecule has 0 saturated carbocycles. The van der Waals surface area contributed by atoms with E-state index in [4.69, 9.17) is 0 Å². The number of fused-ring (bicyclic) bond motifs is 1. The van der Waals surface area contributed by atoms with Crippen LogP contribution in [0, 0.1) is 11.6 Å². The van der Waals surface area contributed by atoms with Crippen LogP contribution in [0.2, 0.25) is 0 Å². The number of hydrogen-bond acceptors (Lipinski definition) is 4. The van der Waals surface area contributed by atoms with Crippen LogP contribution in [0.1, 0.15) is 11.4 Å². The van der Waals surface area contributed by atoms with E-state index >= 15 is 0 Å². The molecular formula is C20H14F2N4O2S. The van der Waals surface area contributed by atoms with Crippen molar-refractivity contribution < 1.29 is 17.2 Å². The van der Waals surface area contributed by atoms with Crippen molar-refractivity contribution in [3.63, 3.8) is 0 Å². The fourth-order valence-electron chi connectivity index (χ4n) is 2.76. The molecule has 2 heterocycles. The fourth-order valence-corrected chi connectivity index (χ4v) is 3.85. The lowest BCUT2D eigenvalue weighted by atomic mass is 10.2. The van der Waals surface area contributed by atoms with Crippen molar-refractivity contribution in [3.8, 4) is 0 Å². The zero-order valence-electron chi connectivity index (χ0n) is 14.8. The number of benzene rings is 2. The Bertz CT molecular complexity index is 1300. The second-order valence-electron chi connectivity index (χ2n) is 6.17. The van der Waals surface area contributed by atoms with Crippen molar-refractivity contribution >= 4 is 38.8 Å². The van der Waals surface area contributed by atoms with Crippen molar-refractivity contribution in [3.05, 3.63) is 83.8 Å². The molecule has 0 bridgehead atoms. The maximum Gasteiger partial charge on any atom is 0.262 e. The van der Waals surface area contributed by atoms with E-state index < -0.39 is 26.6 Å². The summed E-state index contributed by atoms with van der Waals surface area (Å²) in [4.78, 5) is 3.69. The summed E-state index contributed by atoms with van der Waals surface area (Å²) in [5.41, 5.74) is 2.26. The van der Waals surface area contributed by atoms with Crippen LogP contribution in [0.5, 0.6) is 0 Å².